The number of benzene rings is 2. The van der Waals surface area contributed by atoms with Gasteiger partial charge >= 0.3 is 0 Å². The number of carbonyl (C=O) groups excluding carboxylic acids is 1. The molecule has 0 saturated carbocycles. The molecule has 1 aliphatic heterocycles. The van der Waals surface area contributed by atoms with Crippen LogP contribution in [0, 0.1) is 0 Å². The highest BCUT2D eigenvalue weighted by Gasteiger charge is 2.32. The van der Waals surface area contributed by atoms with Gasteiger partial charge < -0.3 is 9.64 Å². The van der Waals surface area contributed by atoms with E-state index in [-0.39, 0.29) is 18.6 Å². The number of thiophene rings is 1. The molecule has 5 heteroatoms. The smallest absolute Gasteiger partial charge is 0.261 e. The van der Waals surface area contributed by atoms with Crippen molar-refractivity contribution in [2.45, 2.75) is 12.5 Å². The minimum absolute atomic E-state index is 0.00865. The minimum Gasteiger partial charge on any atom is -0.484 e. The van der Waals surface area contributed by atoms with Crippen molar-refractivity contribution in [2.75, 3.05) is 13.2 Å². The van der Waals surface area contributed by atoms with Gasteiger partial charge in [0.25, 0.3) is 5.91 Å². The Morgan fingerprint density at radius 1 is 1.12 bits per heavy atom. The first-order valence-corrected chi connectivity index (χ1v) is 9.77. The van der Waals surface area contributed by atoms with E-state index in [1.165, 1.54) is 10.4 Å². The summed E-state index contributed by atoms with van der Waals surface area (Å²) in [7, 11) is 0. The highest BCUT2D eigenvalue weighted by molar-refractivity contribution is 7.10. The zero-order chi connectivity index (χ0) is 17.9. The molecule has 0 saturated heterocycles. The molecule has 2 aromatic carbocycles. The van der Waals surface area contributed by atoms with Crippen molar-refractivity contribution in [2.24, 2.45) is 0 Å². The van der Waals surface area contributed by atoms with Crippen LogP contribution in [-0.4, -0.2) is 24.0 Å². The lowest BCUT2D eigenvalue weighted by Crippen LogP contribution is -2.42. The van der Waals surface area contributed by atoms with Crippen molar-refractivity contribution < 1.29 is 9.53 Å². The molecule has 1 amide bonds. The van der Waals surface area contributed by atoms with Gasteiger partial charge in [-0.15, -0.1) is 11.3 Å². The number of rotatable bonds is 4. The highest BCUT2D eigenvalue weighted by atomic mass is 35.5. The second kappa shape index (κ2) is 7.52. The molecule has 132 valence electrons. The summed E-state index contributed by atoms with van der Waals surface area (Å²) in [6.07, 6.45) is 0.892. The van der Waals surface area contributed by atoms with Gasteiger partial charge in [0.1, 0.15) is 5.75 Å². The van der Waals surface area contributed by atoms with E-state index in [1.807, 2.05) is 23.1 Å². The van der Waals surface area contributed by atoms with Crippen LogP contribution in [0.25, 0.3) is 0 Å². The Hall–Kier alpha value is -2.30. The summed E-state index contributed by atoms with van der Waals surface area (Å²) < 4.78 is 5.68. The van der Waals surface area contributed by atoms with E-state index in [2.05, 4.69) is 23.6 Å². The number of amides is 1. The fourth-order valence-electron chi connectivity index (χ4n) is 3.34. The lowest BCUT2D eigenvalue weighted by Gasteiger charge is -2.36. The zero-order valence-corrected chi connectivity index (χ0v) is 15.7. The number of fused-ring (bicyclic) bond motifs is 1. The predicted molar refractivity (Wildman–Crippen MR) is 105 cm³/mol. The van der Waals surface area contributed by atoms with Gasteiger partial charge in [0, 0.05) is 16.4 Å². The largest absolute Gasteiger partial charge is 0.484 e. The van der Waals surface area contributed by atoms with Gasteiger partial charge in [-0.1, -0.05) is 41.9 Å². The molecule has 0 N–H and O–H groups in total. The molecular formula is C21H18ClNO2S. The summed E-state index contributed by atoms with van der Waals surface area (Å²) in [5, 5.41) is 2.76. The summed E-state index contributed by atoms with van der Waals surface area (Å²) in [5.41, 5.74) is 2.36. The molecule has 0 bridgehead atoms. The summed E-state index contributed by atoms with van der Waals surface area (Å²) in [5.74, 6) is 0.637. The van der Waals surface area contributed by atoms with Crippen molar-refractivity contribution in [1.29, 1.82) is 0 Å². The topological polar surface area (TPSA) is 29.5 Å². The van der Waals surface area contributed by atoms with Crippen LogP contribution in [0.15, 0.2) is 66.0 Å². The number of nitrogens with zero attached hydrogens (tertiary/aromatic N) is 1. The van der Waals surface area contributed by atoms with Gasteiger partial charge in [0.15, 0.2) is 6.61 Å². The molecule has 1 aliphatic rings. The molecule has 2 heterocycles. The Bertz CT molecular complexity index is 892. The number of ether oxygens (including phenoxy) is 1. The Balaban J connectivity index is 1.56. The Morgan fingerprint density at radius 2 is 1.88 bits per heavy atom. The molecule has 3 nitrogen and oxygen atoms in total. The zero-order valence-electron chi connectivity index (χ0n) is 14.1. The van der Waals surface area contributed by atoms with E-state index in [1.54, 1.807) is 35.6 Å². The summed E-state index contributed by atoms with van der Waals surface area (Å²) >= 11 is 7.66. The second-order valence-electron chi connectivity index (χ2n) is 6.19. The summed E-state index contributed by atoms with van der Waals surface area (Å²) in [6, 6.07) is 19.3. The maximum Gasteiger partial charge on any atom is 0.261 e. The average Bonchev–Trinajstić information content (AvgIpc) is 3.16. The fraction of sp³-hybridized carbons (Fsp3) is 0.190. The number of hydrogen-bond acceptors (Lipinski definition) is 3. The van der Waals surface area contributed by atoms with Crippen molar-refractivity contribution in [3.05, 3.63) is 87.1 Å². The third-order valence-corrected chi connectivity index (χ3v) is 5.83. The first-order valence-electron chi connectivity index (χ1n) is 8.51. The third kappa shape index (κ3) is 3.48. The molecule has 0 unspecified atom stereocenters. The second-order valence-corrected chi connectivity index (χ2v) is 7.63. The number of carbonyl (C=O) groups is 1. The van der Waals surface area contributed by atoms with Crippen molar-refractivity contribution in [3.63, 3.8) is 0 Å². The van der Waals surface area contributed by atoms with Crippen LogP contribution in [0.5, 0.6) is 5.75 Å². The molecule has 0 spiro atoms. The van der Waals surface area contributed by atoms with E-state index >= 15 is 0 Å². The molecule has 3 aromatic rings. The van der Waals surface area contributed by atoms with Gasteiger partial charge in [0.2, 0.25) is 0 Å². The van der Waals surface area contributed by atoms with Crippen LogP contribution in [0.4, 0.5) is 0 Å². The molecule has 4 rings (SSSR count). The lowest BCUT2D eigenvalue weighted by molar-refractivity contribution is -0.135. The van der Waals surface area contributed by atoms with Gasteiger partial charge in [0.05, 0.1) is 6.04 Å². The predicted octanol–water partition coefficient (Wildman–Crippen LogP) is 4.95. The monoisotopic (exact) mass is 383 g/mol. The molecule has 0 aliphatic carbocycles. The first kappa shape index (κ1) is 17.1. The van der Waals surface area contributed by atoms with E-state index in [9.17, 15) is 4.79 Å². The molecule has 1 atom stereocenters. The maximum absolute atomic E-state index is 12.9. The van der Waals surface area contributed by atoms with Crippen LogP contribution in [0.3, 0.4) is 0 Å². The van der Waals surface area contributed by atoms with Gasteiger partial charge in [-0.05, 0) is 53.3 Å². The van der Waals surface area contributed by atoms with Crippen molar-refractivity contribution in [3.8, 4) is 5.75 Å². The Morgan fingerprint density at radius 3 is 2.65 bits per heavy atom. The number of hydrogen-bond donors (Lipinski definition) is 0. The standard InChI is InChI=1S/C21H18ClNO2S/c22-16-6-8-17(9-7-16)25-14-20(24)23-12-10-19-18(11-13-26-19)21(23)15-4-2-1-3-5-15/h1-9,11,13,21H,10,12,14H2/t21-/m0/s1. The Labute approximate surface area is 161 Å². The van der Waals surface area contributed by atoms with Crippen molar-refractivity contribution in [1.82, 2.24) is 4.90 Å². The van der Waals surface area contributed by atoms with E-state index in [0.29, 0.717) is 17.3 Å². The summed E-state index contributed by atoms with van der Waals surface area (Å²) in [4.78, 5) is 16.2. The minimum atomic E-state index is -0.0486. The van der Waals surface area contributed by atoms with E-state index in [4.69, 9.17) is 16.3 Å². The van der Waals surface area contributed by atoms with Crippen LogP contribution >= 0.6 is 22.9 Å². The highest BCUT2D eigenvalue weighted by Crippen LogP contribution is 2.37. The lowest BCUT2D eigenvalue weighted by atomic mass is 9.93. The van der Waals surface area contributed by atoms with Gasteiger partial charge in [-0.3, -0.25) is 4.79 Å². The Kier molecular flexibility index (Phi) is 4.96. The molecule has 0 fully saturated rings. The quantitative estimate of drug-likeness (QED) is 0.637. The fourth-order valence-corrected chi connectivity index (χ4v) is 4.37. The third-order valence-electron chi connectivity index (χ3n) is 4.58. The van der Waals surface area contributed by atoms with Gasteiger partial charge in [-0.2, -0.15) is 0 Å². The normalized spacial score (nSPS) is 16.2. The summed E-state index contributed by atoms with van der Waals surface area (Å²) in [6.45, 7) is 0.723. The van der Waals surface area contributed by atoms with Crippen LogP contribution in [0.1, 0.15) is 22.0 Å². The van der Waals surface area contributed by atoms with Crippen LogP contribution < -0.4 is 4.74 Å². The van der Waals surface area contributed by atoms with Crippen LogP contribution in [-0.2, 0) is 11.2 Å². The SMILES string of the molecule is O=C(COc1ccc(Cl)cc1)N1CCc2sccc2[C@@H]1c1ccccc1. The number of halogens is 1. The van der Waals surface area contributed by atoms with E-state index < -0.39 is 0 Å². The van der Waals surface area contributed by atoms with E-state index in [0.717, 1.165) is 12.0 Å². The molecule has 0 radical (unpaired) electrons. The molecule has 26 heavy (non-hydrogen) atoms. The first-order chi connectivity index (χ1) is 12.7. The van der Waals surface area contributed by atoms with Crippen molar-refractivity contribution >= 4 is 28.8 Å². The molecular weight excluding hydrogens is 366 g/mol. The maximum atomic E-state index is 12.9. The molecule has 1 aromatic heterocycles. The average molecular weight is 384 g/mol. The van der Waals surface area contributed by atoms with Gasteiger partial charge in [-0.25, -0.2) is 0 Å². The van der Waals surface area contributed by atoms with Crippen LogP contribution in [0.2, 0.25) is 5.02 Å².